The van der Waals surface area contributed by atoms with E-state index in [0.717, 1.165) is 0 Å². The van der Waals surface area contributed by atoms with Crippen molar-refractivity contribution in [1.82, 2.24) is 10.2 Å². The molecule has 9 heteroatoms. The van der Waals surface area contributed by atoms with Crippen molar-refractivity contribution >= 4 is 52.2 Å². The number of hydrogen-bond acceptors (Lipinski definition) is 5. The van der Waals surface area contributed by atoms with Crippen LogP contribution in [0.4, 0.5) is 0 Å². The maximum Gasteiger partial charge on any atom is 0.258 e. The molecule has 2 aliphatic heterocycles. The third-order valence-electron chi connectivity index (χ3n) is 5.14. The SMILES string of the molecule is N#CC1=C(N)N2C(=S)NC(=O)C2(c2ccc(Cl)cc2)C1C(=O)c1ccc(Cl)cc1. The Hall–Kier alpha value is -2.92. The van der Waals surface area contributed by atoms with Gasteiger partial charge < -0.3 is 11.1 Å². The van der Waals surface area contributed by atoms with Crippen molar-refractivity contribution < 1.29 is 9.59 Å². The number of halogens is 2. The zero-order chi connectivity index (χ0) is 20.9. The highest BCUT2D eigenvalue weighted by Crippen LogP contribution is 2.51. The summed E-state index contributed by atoms with van der Waals surface area (Å²) in [6, 6.07) is 14.7. The molecule has 1 saturated heterocycles. The Labute approximate surface area is 181 Å². The number of hydrogen-bond donors (Lipinski definition) is 2. The number of benzene rings is 2. The average Bonchev–Trinajstić information content (AvgIpc) is 3.12. The zero-order valence-corrected chi connectivity index (χ0v) is 17.0. The lowest BCUT2D eigenvalue weighted by Crippen LogP contribution is -2.51. The van der Waals surface area contributed by atoms with E-state index in [1.165, 1.54) is 4.90 Å². The van der Waals surface area contributed by atoms with E-state index < -0.39 is 23.1 Å². The minimum absolute atomic E-state index is 0.0166. The minimum Gasteiger partial charge on any atom is -0.384 e. The quantitative estimate of drug-likeness (QED) is 0.559. The molecule has 2 unspecified atom stereocenters. The van der Waals surface area contributed by atoms with Crippen LogP contribution >= 0.6 is 35.4 Å². The van der Waals surface area contributed by atoms with E-state index in [9.17, 15) is 14.9 Å². The van der Waals surface area contributed by atoms with Gasteiger partial charge in [-0.15, -0.1) is 0 Å². The van der Waals surface area contributed by atoms with Gasteiger partial charge in [0.2, 0.25) is 0 Å². The standard InChI is InChI=1S/C20H12Cl2N4O2S/c21-12-5-1-10(2-6-12)16(27)15-14(9-23)17(24)26-19(29)25-18(28)20(15,26)11-3-7-13(22)8-4-11/h1-8,15H,24H2,(H,25,28,29). The molecule has 1 amide bonds. The Kier molecular flexibility index (Phi) is 4.58. The van der Waals surface area contributed by atoms with Crippen LogP contribution in [0, 0.1) is 17.2 Å². The number of carbonyl (C=O) groups is 2. The van der Waals surface area contributed by atoms with Gasteiger partial charge in [-0.05, 0) is 54.2 Å². The van der Waals surface area contributed by atoms with Gasteiger partial charge in [0, 0.05) is 15.6 Å². The monoisotopic (exact) mass is 442 g/mol. The predicted octanol–water partition coefficient (Wildman–Crippen LogP) is 3.11. The first kappa shape index (κ1) is 19.4. The van der Waals surface area contributed by atoms with Gasteiger partial charge in [0.05, 0.1) is 17.6 Å². The first-order valence-corrected chi connectivity index (χ1v) is 9.60. The second-order valence-electron chi connectivity index (χ2n) is 6.58. The smallest absolute Gasteiger partial charge is 0.258 e. The van der Waals surface area contributed by atoms with Gasteiger partial charge in [-0.25, -0.2) is 0 Å². The molecule has 2 aromatic carbocycles. The fraction of sp³-hybridized carbons (Fsp3) is 0.100. The molecular weight excluding hydrogens is 431 g/mol. The molecule has 0 saturated carbocycles. The van der Waals surface area contributed by atoms with Gasteiger partial charge in [0.25, 0.3) is 5.91 Å². The first-order valence-electron chi connectivity index (χ1n) is 8.43. The van der Waals surface area contributed by atoms with E-state index in [-0.39, 0.29) is 16.5 Å². The van der Waals surface area contributed by atoms with Gasteiger partial charge >= 0.3 is 0 Å². The molecular formula is C20H12Cl2N4O2S. The van der Waals surface area contributed by atoms with E-state index >= 15 is 0 Å². The number of thiocarbonyl (C=S) groups is 1. The summed E-state index contributed by atoms with van der Waals surface area (Å²) in [6.45, 7) is 0. The number of nitrogens with one attached hydrogen (secondary N) is 1. The van der Waals surface area contributed by atoms with E-state index in [0.29, 0.717) is 21.2 Å². The summed E-state index contributed by atoms with van der Waals surface area (Å²) in [7, 11) is 0. The summed E-state index contributed by atoms with van der Waals surface area (Å²) < 4.78 is 0. The van der Waals surface area contributed by atoms with Gasteiger partial charge in [-0.1, -0.05) is 35.3 Å². The molecule has 29 heavy (non-hydrogen) atoms. The summed E-state index contributed by atoms with van der Waals surface area (Å²) in [4.78, 5) is 28.1. The van der Waals surface area contributed by atoms with E-state index in [2.05, 4.69) is 5.32 Å². The molecule has 4 rings (SSSR count). The number of ketones is 1. The van der Waals surface area contributed by atoms with Crippen molar-refractivity contribution in [2.24, 2.45) is 11.7 Å². The van der Waals surface area contributed by atoms with Gasteiger partial charge in [0.1, 0.15) is 5.82 Å². The highest BCUT2D eigenvalue weighted by atomic mass is 35.5. The fourth-order valence-electron chi connectivity index (χ4n) is 3.90. The first-order chi connectivity index (χ1) is 13.8. The normalized spacial score (nSPS) is 23.1. The second kappa shape index (κ2) is 6.85. The highest BCUT2D eigenvalue weighted by molar-refractivity contribution is 7.80. The Morgan fingerprint density at radius 2 is 1.69 bits per heavy atom. The van der Waals surface area contributed by atoms with E-state index in [1.54, 1.807) is 48.5 Å². The summed E-state index contributed by atoms with van der Waals surface area (Å²) in [5, 5.41) is 13.3. The molecule has 2 heterocycles. The van der Waals surface area contributed by atoms with Crippen LogP contribution in [0.2, 0.25) is 10.0 Å². The predicted molar refractivity (Wildman–Crippen MR) is 112 cm³/mol. The number of amides is 1. The molecule has 6 nitrogen and oxygen atoms in total. The van der Waals surface area contributed by atoms with Crippen LogP contribution in [0.5, 0.6) is 0 Å². The van der Waals surface area contributed by atoms with Crippen molar-refractivity contribution in [1.29, 1.82) is 5.26 Å². The van der Waals surface area contributed by atoms with Gasteiger partial charge in [0.15, 0.2) is 16.4 Å². The topological polar surface area (TPSA) is 99.2 Å². The van der Waals surface area contributed by atoms with E-state index in [4.69, 9.17) is 41.2 Å². The van der Waals surface area contributed by atoms with Crippen LogP contribution in [0.3, 0.4) is 0 Å². The van der Waals surface area contributed by atoms with Crippen LogP contribution in [0.1, 0.15) is 15.9 Å². The van der Waals surface area contributed by atoms with Crippen molar-refractivity contribution in [3.8, 4) is 6.07 Å². The Morgan fingerprint density at radius 1 is 1.14 bits per heavy atom. The van der Waals surface area contributed by atoms with Gasteiger partial charge in [-0.2, -0.15) is 5.26 Å². The Balaban J connectivity index is 1.99. The lowest BCUT2D eigenvalue weighted by molar-refractivity contribution is -0.127. The molecule has 2 aromatic rings. The average molecular weight is 443 g/mol. The summed E-state index contributed by atoms with van der Waals surface area (Å²) in [5.41, 5.74) is 5.32. The number of carbonyl (C=O) groups excluding carboxylic acids is 2. The van der Waals surface area contributed by atoms with Crippen molar-refractivity contribution in [3.05, 3.63) is 81.1 Å². The molecule has 3 N–H and O–H groups in total. The zero-order valence-electron chi connectivity index (χ0n) is 14.6. The largest absolute Gasteiger partial charge is 0.384 e. The Bertz CT molecular complexity index is 1140. The molecule has 2 atom stereocenters. The second-order valence-corrected chi connectivity index (χ2v) is 7.84. The number of nitriles is 1. The van der Waals surface area contributed by atoms with Crippen molar-refractivity contribution in [2.75, 3.05) is 0 Å². The molecule has 2 aliphatic rings. The van der Waals surface area contributed by atoms with Crippen LogP contribution in [0.25, 0.3) is 0 Å². The molecule has 0 aromatic heterocycles. The number of rotatable bonds is 3. The molecule has 0 radical (unpaired) electrons. The lowest BCUT2D eigenvalue weighted by Gasteiger charge is -2.35. The number of nitrogens with two attached hydrogens (primary N) is 1. The van der Waals surface area contributed by atoms with Crippen LogP contribution in [-0.4, -0.2) is 21.7 Å². The fourth-order valence-corrected chi connectivity index (χ4v) is 4.49. The van der Waals surface area contributed by atoms with Crippen molar-refractivity contribution in [2.45, 2.75) is 5.54 Å². The summed E-state index contributed by atoms with van der Waals surface area (Å²) in [6.07, 6.45) is 0. The third-order valence-corrected chi connectivity index (χ3v) is 5.93. The van der Waals surface area contributed by atoms with Crippen molar-refractivity contribution in [3.63, 3.8) is 0 Å². The van der Waals surface area contributed by atoms with Crippen LogP contribution in [-0.2, 0) is 10.3 Å². The van der Waals surface area contributed by atoms with Crippen LogP contribution in [0.15, 0.2) is 59.9 Å². The van der Waals surface area contributed by atoms with Gasteiger partial charge in [-0.3, -0.25) is 14.5 Å². The van der Waals surface area contributed by atoms with Crippen LogP contribution < -0.4 is 11.1 Å². The number of nitrogens with zero attached hydrogens (tertiary/aromatic N) is 2. The number of fused-ring (bicyclic) bond motifs is 1. The Morgan fingerprint density at radius 3 is 2.24 bits per heavy atom. The number of Topliss-reactive ketones (excluding diaryl/α,β-unsaturated/α-hetero) is 1. The van der Waals surface area contributed by atoms with E-state index in [1.807, 2.05) is 6.07 Å². The molecule has 0 aliphatic carbocycles. The molecule has 1 fully saturated rings. The summed E-state index contributed by atoms with van der Waals surface area (Å²) >= 11 is 17.2. The molecule has 0 bridgehead atoms. The minimum atomic E-state index is -1.62. The maximum atomic E-state index is 13.6. The lowest BCUT2D eigenvalue weighted by atomic mass is 9.72. The molecule has 144 valence electrons. The highest BCUT2D eigenvalue weighted by Gasteiger charge is 2.66. The third kappa shape index (κ3) is 2.64. The molecule has 0 spiro atoms. The summed E-state index contributed by atoms with van der Waals surface area (Å²) in [5.74, 6) is -2.21. The maximum absolute atomic E-state index is 13.6.